The Hall–Kier alpha value is -0.100. The van der Waals surface area contributed by atoms with Crippen LogP contribution in [0.1, 0.15) is 37.1 Å². The zero-order chi connectivity index (χ0) is 13.8. The SMILES string of the molecule is CCCN(CCC)S(=O)(=O)c1c(C)csc1CCl. The van der Waals surface area contributed by atoms with Crippen molar-refractivity contribution in [2.75, 3.05) is 13.1 Å². The first-order chi connectivity index (χ1) is 8.48. The van der Waals surface area contributed by atoms with E-state index in [1.54, 1.807) is 4.31 Å². The fourth-order valence-corrected chi connectivity index (χ4v) is 5.54. The largest absolute Gasteiger partial charge is 0.244 e. The molecule has 0 fully saturated rings. The van der Waals surface area contributed by atoms with Crippen LogP contribution in [0.5, 0.6) is 0 Å². The number of rotatable bonds is 7. The highest BCUT2D eigenvalue weighted by molar-refractivity contribution is 7.89. The molecule has 0 aliphatic heterocycles. The lowest BCUT2D eigenvalue weighted by molar-refractivity contribution is 0.409. The lowest BCUT2D eigenvalue weighted by Crippen LogP contribution is -2.33. The average Bonchev–Trinajstić information content (AvgIpc) is 2.70. The highest BCUT2D eigenvalue weighted by Gasteiger charge is 2.28. The van der Waals surface area contributed by atoms with Crippen molar-refractivity contribution >= 4 is 33.0 Å². The van der Waals surface area contributed by atoms with Crippen molar-refractivity contribution in [3.05, 3.63) is 15.8 Å². The summed E-state index contributed by atoms with van der Waals surface area (Å²) < 4.78 is 26.9. The first-order valence-electron chi connectivity index (χ1n) is 6.12. The molecular formula is C12H20ClNO2S2. The molecule has 3 nitrogen and oxygen atoms in total. The Morgan fingerprint density at radius 3 is 2.28 bits per heavy atom. The van der Waals surface area contributed by atoms with Crippen LogP contribution < -0.4 is 0 Å². The highest BCUT2D eigenvalue weighted by atomic mass is 35.5. The minimum absolute atomic E-state index is 0.249. The predicted molar refractivity (Wildman–Crippen MR) is 78.0 cm³/mol. The summed E-state index contributed by atoms with van der Waals surface area (Å²) >= 11 is 7.26. The van der Waals surface area contributed by atoms with Gasteiger partial charge in [0, 0.05) is 18.0 Å². The van der Waals surface area contributed by atoms with Gasteiger partial charge in [0.05, 0.1) is 5.88 Å². The van der Waals surface area contributed by atoms with Crippen molar-refractivity contribution < 1.29 is 8.42 Å². The molecule has 0 amide bonds. The number of aryl methyl sites for hydroxylation is 1. The number of thiophene rings is 1. The number of hydrogen-bond acceptors (Lipinski definition) is 3. The summed E-state index contributed by atoms with van der Waals surface area (Å²) in [6.07, 6.45) is 1.64. The van der Waals surface area contributed by atoms with Gasteiger partial charge in [0.25, 0.3) is 0 Å². The van der Waals surface area contributed by atoms with Crippen LogP contribution in [0.15, 0.2) is 10.3 Å². The maximum Gasteiger partial charge on any atom is 0.244 e. The standard InChI is InChI=1S/C12H20ClNO2S2/c1-4-6-14(7-5-2)18(15,16)12-10(3)9-17-11(12)8-13/h9H,4-8H2,1-3H3. The molecule has 1 aromatic rings. The fourth-order valence-electron chi connectivity index (χ4n) is 1.91. The number of halogens is 1. The normalized spacial score (nSPS) is 12.3. The Balaban J connectivity index is 3.21. The Bertz CT molecular complexity index is 476. The van der Waals surface area contributed by atoms with Gasteiger partial charge < -0.3 is 0 Å². The van der Waals surface area contributed by atoms with Crippen LogP contribution in [0, 0.1) is 6.92 Å². The first kappa shape index (κ1) is 16.0. The van der Waals surface area contributed by atoms with Gasteiger partial charge in [-0.2, -0.15) is 4.31 Å². The van der Waals surface area contributed by atoms with Crippen LogP contribution >= 0.6 is 22.9 Å². The summed E-state index contributed by atoms with van der Waals surface area (Å²) in [5.74, 6) is 0.249. The molecule has 0 bridgehead atoms. The van der Waals surface area contributed by atoms with E-state index in [-0.39, 0.29) is 5.88 Å². The number of nitrogens with zero attached hydrogens (tertiary/aromatic N) is 1. The topological polar surface area (TPSA) is 37.4 Å². The first-order valence-corrected chi connectivity index (χ1v) is 8.97. The molecule has 0 N–H and O–H groups in total. The monoisotopic (exact) mass is 309 g/mol. The second kappa shape index (κ2) is 6.89. The average molecular weight is 310 g/mol. The molecule has 0 spiro atoms. The molecule has 1 heterocycles. The van der Waals surface area contributed by atoms with Crippen LogP contribution in [-0.4, -0.2) is 25.8 Å². The van der Waals surface area contributed by atoms with E-state index in [0.717, 1.165) is 23.3 Å². The lowest BCUT2D eigenvalue weighted by Gasteiger charge is -2.21. The van der Waals surface area contributed by atoms with Gasteiger partial charge in [-0.05, 0) is 30.7 Å². The second-order valence-electron chi connectivity index (χ2n) is 4.21. The molecule has 0 aliphatic carbocycles. The lowest BCUT2D eigenvalue weighted by atomic mass is 10.3. The summed E-state index contributed by atoms with van der Waals surface area (Å²) in [4.78, 5) is 1.16. The van der Waals surface area contributed by atoms with Crippen molar-refractivity contribution in [2.45, 2.75) is 44.4 Å². The highest BCUT2D eigenvalue weighted by Crippen LogP contribution is 2.30. The van der Waals surface area contributed by atoms with Crippen LogP contribution in [-0.2, 0) is 15.9 Å². The van der Waals surface area contributed by atoms with Crippen molar-refractivity contribution in [3.8, 4) is 0 Å². The Labute approximate surface area is 119 Å². The predicted octanol–water partition coefficient (Wildman–Crippen LogP) is 3.61. The van der Waals surface area contributed by atoms with E-state index in [4.69, 9.17) is 11.6 Å². The van der Waals surface area contributed by atoms with E-state index >= 15 is 0 Å². The van der Waals surface area contributed by atoms with E-state index in [0.29, 0.717) is 18.0 Å². The molecular weight excluding hydrogens is 290 g/mol. The van der Waals surface area contributed by atoms with Crippen molar-refractivity contribution in [1.29, 1.82) is 0 Å². The summed E-state index contributed by atoms with van der Waals surface area (Å²) in [6.45, 7) is 6.93. The third-order valence-corrected chi connectivity index (χ3v) is 6.44. The van der Waals surface area contributed by atoms with Gasteiger partial charge in [0.15, 0.2) is 0 Å². The molecule has 6 heteroatoms. The Kier molecular flexibility index (Phi) is 6.11. The van der Waals surface area contributed by atoms with E-state index in [1.165, 1.54) is 11.3 Å². The molecule has 0 radical (unpaired) electrons. The van der Waals surface area contributed by atoms with Gasteiger partial charge in [-0.3, -0.25) is 0 Å². The van der Waals surface area contributed by atoms with Crippen LogP contribution in [0.2, 0.25) is 0 Å². The van der Waals surface area contributed by atoms with E-state index in [9.17, 15) is 8.42 Å². The van der Waals surface area contributed by atoms with Crippen LogP contribution in [0.3, 0.4) is 0 Å². The third kappa shape index (κ3) is 3.26. The van der Waals surface area contributed by atoms with E-state index < -0.39 is 10.0 Å². The summed E-state index contributed by atoms with van der Waals surface area (Å²) in [5, 5.41) is 1.86. The maximum atomic E-state index is 12.6. The molecule has 1 rings (SSSR count). The molecule has 18 heavy (non-hydrogen) atoms. The van der Waals surface area contributed by atoms with Gasteiger partial charge >= 0.3 is 0 Å². The van der Waals surface area contributed by atoms with Crippen LogP contribution in [0.4, 0.5) is 0 Å². The fraction of sp³-hybridized carbons (Fsp3) is 0.667. The molecule has 0 unspecified atom stereocenters. The quantitative estimate of drug-likeness (QED) is 0.722. The molecule has 0 saturated carbocycles. The number of alkyl halides is 1. The van der Waals surface area contributed by atoms with Gasteiger partial charge in [0.2, 0.25) is 10.0 Å². The van der Waals surface area contributed by atoms with Crippen molar-refractivity contribution in [2.24, 2.45) is 0 Å². The molecule has 1 aromatic heterocycles. The number of sulfonamides is 1. The smallest absolute Gasteiger partial charge is 0.207 e. The Morgan fingerprint density at radius 2 is 1.83 bits per heavy atom. The van der Waals surface area contributed by atoms with E-state index in [2.05, 4.69) is 0 Å². The van der Waals surface area contributed by atoms with Gasteiger partial charge in [0.1, 0.15) is 4.90 Å². The molecule has 104 valence electrons. The minimum Gasteiger partial charge on any atom is -0.207 e. The summed E-state index contributed by atoms with van der Waals surface area (Å²) in [6, 6.07) is 0. The van der Waals surface area contributed by atoms with Crippen molar-refractivity contribution in [3.63, 3.8) is 0 Å². The zero-order valence-corrected chi connectivity index (χ0v) is 13.5. The summed E-state index contributed by atoms with van der Waals surface area (Å²) in [5.41, 5.74) is 0.799. The summed E-state index contributed by atoms with van der Waals surface area (Å²) in [7, 11) is -3.40. The van der Waals surface area contributed by atoms with Gasteiger partial charge in [-0.15, -0.1) is 22.9 Å². The second-order valence-corrected chi connectivity index (χ2v) is 7.31. The minimum atomic E-state index is -3.40. The Morgan fingerprint density at radius 1 is 1.28 bits per heavy atom. The number of hydrogen-bond donors (Lipinski definition) is 0. The molecule has 0 aromatic carbocycles. The van der Waals surface area contributed by atoms with Gasteiger partial charge in [-0.25, -0.2) is 8.42 Å². The van der Waals surface area contributed by atoms with Crippen molar-refractivity contribution in [1.82, 2.24) is 4.31 Å². The molecule has 0 atom stereocenters. The molecule has 0 saturated heterocycles. The van der Waals surface area contributed by atoms with E-state index in [1.807, 2.05) is 26.2 Å². The zero-order valence-electron chi connectivity index (χ0n) is 11.1. The maximum absolute atomic E-state index is 12.6. The van der Waals surface area contributed by atoms with Crippen LogP contribution in [0.25, 0.3) is 0 Å². The van der Waals surface area contributed by atoms with Gasteiger partial charge in [-0.1, -0.05) is 13.8 Å². The molecule has 0 aliphatic rings. The third-order valence-electron chi connectivity index (χ3n) is 2.65.